The van der Waals surface area contributed by atoms with Gasteiger partial charge in [-0.2, -0.15) is 5.26 Å². The summed E-state index contributed by atoms with van der Waals surface area (Å²) in [5.41, 5.74) is 1.16. The van der Waals surface area contributed by atoms with Gasteiger partial charge in [0.2, 0.25) is 0 Å². The first-order valence-corrected chi connectivity index (χ1v) is 7.47. The van der Waals surface area contributed by atoms with Crippen LogP contribution < -0.4 is 5.32 Å². The molecule has 1 aromatic heterocycles. The molecule has 1 aromatic carbocycles. The molecule has 0 aliphatic rings. The van der Waals surface area contributed by atoms with E-state index in [-0.39, 0.29) is 17.3 Å². The van der Waals surface area contributed by atoms with Crippen LogP contribution >= 0.6 is 0 Å². The Bertz CT molecular complexity index is 777. The summed E-state index contributed by atoms with van der Waals surface area (Å²) in [6, 6.07) is 8.35. The highest BCUT2D eigenvalue weighted by Crippen LogP contribution is 2.32. The van der Waals surface area contributed by atoms with E-state index >= 15 is 0 Å². The minimum absolute atomic E-state index is 0.0855. The molecule has 0 unspecified atom stereocenters. The zero-order valence-electron chi connectivity index (χ0n) is 13.8. The summed E-state index contributed by atoms with van der Waals surface area (Å²) < 4.78 is 10.8. The number of anilines is 1. The Balaban J connectivity index is 2.39. The first-order chi connectivity index (χ1) is 11.5. The summed E-state index contributed by atoms with van der Waals surface area (Å²) in [6.45, 7) is 4.00. The number of nitro benzene ring substituents is 1. The van der Waals surface area contributed by atoms with Gasteiger partial charge < -0.3 is 14.5 Å². The Morgan fingerprint density at radius 1 is 1.42 bits per heavy atom. The second kappa shape index (κ2) is 7.62. The summed E-state index contributed by atoms with van der Waals surface area (Å²) in [4.78, 5) is 10.7. The number of rotatable bonds is 7. The molecule has 2 aromatic rings. The van der Waals surface area contributed by atoms with Crippen LogP contribution in [0.2, 0.25) is 0 Å². The maximum Gasteiger partial charge on any atom is 0.275 e. The van der Waals surface area contributed by atoms with Crippen molar-refractivity contribution in [2.24, 2.45) is 0 Å². The number of aryl methyl sites for hydroxylation is 1. The number of methoxy groups -OCH3 is 1. The molecule has 0 bridgehead atoms. The summed E-state index contributed by atoms with van der Waals surface area (Å²) in [7, 11) is 1.61. The topological polar surface area (TPSA) is 101 Å². The molecule has 0 aliphatic heterocycles. The number of nitriles is 1. The number of hydrogen-bond donors (Lipinski definition) is 1. The van der Waals surface area contributed by atoms with Crippen LogP contribution in [0.1, 0.15) is 35.1 Å². The third-order valence-corrected chi connectivity index (χ3v) is 3.75. The quantitative estimate of drug-likeness (QED) is 0.611. The number of nitro groups is 1. The van der Waals surface area contributed by atoms with Crippen LogP contribution in [0.25, 0.3) is 0 Å². The van der Waals surface area contributed by atoms with Crippen molar-refractivity contribution in [3.05, 3.63) is 57.0 Å². The molecule has 2 rings (SSSR count). The Kier molecular flexibility index (Phi) is 5.55. The lowest BCUT2D eigenvalue weighted by Crippen LogP contribution is -2.14. The summed E-state index contributed by atoms with van der Waals surface area (Å²) in [6.07, 6.45) is 0.619. The fourth-order valence-electron chi connectivity index (χ4n) is 2.45. The molecular formula is C17H19N3O4. The van der Waals surface area contributed by atoms with Gasteiger partial charge in [-0.25, -0.2) is 0 Å². The molecular weight excluding hydrogens is 310 g/mol. The Morgan fingerprint density at radius 2 is 2.17 bits per heavy atom. The number of ether oxygens (including phenoxy) is 1. The van der Waals surface area contributed by atoms with E-state index in [0.29, 0.717) is 30.0 Å². The molecule has 0 aliphatic carbocycles. The molecule has 126 valence electrons. The predicted molar refractivity (Wildman–Crippen MR) is 88.9 cm³/mol. The molecule has 24 heavy (non-hydrogen) atoms. The number of nitrogens with zero attached hydrogens (tertiary/aromatic N) is 2. The second-order valence-electron chi connectivity index (χ2n) is 5.46. The molecule has 1 heterocycles. The van der Waals surface area contributed by atoms with Gasteiger partial charge in [0.1, 0.15) is 11.5 Å². The normalized spacial score (nSPS) is 11.8. The minimum atomic E-state index is -0.484. The third-order valence-electron chi connectivity index (χ3n) is 3.75. The Morgan fingerprint density at radius 3 is 2.71 bits per heavy atom. The van der Waals surface area contributed by atoms with Crippen molar-refractivity contribution in [1.29, 1.82) is 5.26 Å². The minimum Gasteiger partial charge on any atom is -0.464 e. The monoisotopic (exact) mass is 329 g/mol. The van der Waals surface area contributed by atoms with Gasteiger partial charge in [0.15, 0.2) is 0 Å². The maximum absolute atomic E-state index is 11.2. The molecule has 1 N–H and O–H groups in total. The fraction of sp³-hybridized carbons (Fsp3) is 0.353. The van der Waals surface area contributed by atoms with E-state index in [1.54, 1.807) is 20.1 Å². The van der Waals surface area contributed by atoms with Crippen molar-refractivity contribution in [2.45, 2.75) is 26.3 Å². The second-order valence-corrected chi connectivity index (χ2v) is 5.46. The van der Waals surface area contributed by atoms with Crippen LogP contribution in [-0.2, 0) is 4.74 Å². The lowest BCUT2D eigenvalue weighted by molar-refractivity contribution is -0.385. The number of nitrogens with one attached hydrogen (secondary N) is 1. The molecule has 0 saturated carbocycles. The van der Waals surface area contributed by atoms with E-state index in [4.69, 9.17) is 14.4 Å². The van der Waals surface area contributed by atoms with Crippen LogP contribution in [0.5, 0.6) is 0 Å². The highest BCUT2D eigenvalue weighted by molar-refractivity contribution is 5.64. The lowest BCUT2D eigenvalue weighted by Gasteiger charge is -2.19. The molecule has 0 fully saturated rings. The molecule has 1 atom stereocenters. The van der Waals surface area contributed by atoms with E-state index in [9.17, 15) is 10.1 Å². The van der Waals surface area contributed by atoms with Crippen molar-refractivity contribution in [3.63, 3.8) is 0 Å². The van der Waals surface area contributed by atoms with E-state index in [1.807, 2.05) is 25.1 Å². The van der Waals surface area contributed by atoms with Crippen LogP contribution in [-0.4, -0.2) is 18.6 Å². The smallest absolute Gasteiger partial charge is 0.275 e. The van der Waals surface area contributed by atoms with Gasteiger partial charge in [0.05, 0.1) is 22.6 Å². The molecule has 0 spiro atoms. The third kappa shape index (κ3) is 3.91. The first kappa shape index (κ1) is 17.5. The molecule has 0 saturated heterocycles. The van der Waals surface area contributed by atoms with Gasteiger partial charge in [0, 0.05) is 31.0 Å². The van der Waals surface area contributed by atoms with E-state index < -0.39 is 4.92 Å². The summed E-state index contributed by atoms with van der Waals surface area (Å²) in [5, 5.41) is 23.6. The first-order valence-electron chi connectivity index (χ1n) is 7.47. The standard InChI is InChI=1S/C17H19N3O4/c1-11-4-5-17(24-11)14(6-7-23-3)19-15-8-13(10-18)9-16(12(15)2)20(21)22/h4-5,8-9,14,19H,6-7H2,1-3H3/t14-/m1/s1. The van der Waals surface area contributed by atoms with Crippen molar-refractivity contribution in [3.8, 4) is 6.07 Å². The van der Waals surface area contributed by atoms with Gasteiger partial charge >= 0.3 is 0 Å². The molecule has 7 nitrogen and oxygen atoms in total. The van der Waals surface area contributed by atoms with E-state index in [0.717, 1.165) is 5.76 Å². The van der Waals surface area contributed by atoms with Crippen molar-refractivity contribution in [2.75, 3.05) is 19.0 Å². The van der Waals surface area contributed by atoms with Crippen molar-refractivity contribution >= 4 is 11.4 Å². The number of furan rings is 1. The largest absolute Gasteiger partial charge is 0.464 e. The zero-order valence-corrected chi connectivity index (χ0v) is 13.8. The fourth-order valence-corrected chi connectivity index (χ4v) is 2.45. The predicted octanol–water partition coefficient (Wildman–Crippen LogP) is 3.87. The summed E-state index contributed by atoms with van der Waals surface area (Å²) in [5.74, 6) is 1.50. The van der Waals surface area contributed by atoms with Gasteiger partial charge in [-0.3, -0.25) is 10.1 Å². The van der Waals surface area contributed by atoms with E-state index in [1.165, 1.54) is 6.07 Å². The van der Waals surface area contributed by atoms with Gasteiger partial charge in [-0.1, -0.05) is 0 Å². The highest BCUT2D eigenvalue weighted by atomic mass is 16.6. The molecule has 7 heteroatoms. The van der Waals surface area contributed by atoms with Crippen molar-refractivity contribution in [1.82, 2.24) is 0 Å². The maximum atomic E-state index is 11.2. The van der Waals surface area contributed by atoms with E-state index in [2.05, 4.69) is 5.32 Å². The SMILES string of the molecule is COCC[C@@H](Nc1cc(C#N)cc([N+](=O)[O-])c1C)c1ccc(C)o1. The van der Waals surface area contributed by atoms with Gasteiger partial charge in [0.25, 0.3) is 5.69 Å². The van der Waals surface area contributed by atoms with Gasteiger partial charge in [-0.05, 0) is 38.5 Å². The zero-order chi connectivity index (χ0) is 17.7. The average Bonchev–Trinajstić information content (AvgIpc) is 2.98. The number of hydrogen-bond acceptors (Lipinski definition) is 6. The molecule has 0 radical (unpaired) electrons. The summed E-state index contributed by atoms with van der Waals surface area (Å²) >= 11 is 0. The van der Waals surface area contributed by atoms with Crippen molar-refractivity contribution < 1.29 is 14.1 Å². The Hall–Kier alpha value is -2.85. The van der Waals surface area contributed by atoms with Crippen LogP contribution in [0.15, 0.2) is 28.7 Å². The van der Waals surface area contributed by atoms with Crippen LogP contribution in [0.4, 0.5) is 11.4 Å². The average molecular weight is 329 g/mol. The van der Waals surface area contributed by atoms with Crippen LogP contribution in [0, 0.1) is 35.3 Å². The van der Waals surface area contributed by atoms with Gasteiger partial charge in [-0.15, -0.1) is 0 Å². The lowest BCUT2D eigenvalue weighted by atomic mass is 10.1. The Labute approximate surface area is 140 Å². The molecule has 0 amide bonds. The van der Waals surface area contributed by atoms with Crippen LogP contribution in [0.3, 0.4) is 0 Å². The highest BCUT2D eigenvalue weighted by Gasteiger charge is 2.21. The number of benzene rings is 1.